The van der Waals surface area contributed by atoms with Gasteiger partial charge in [-0.25, -0.2) is 17.9 Å². The van der Waals surface area contributed by atoms with Crippen molar-refractivity contribution in [3.05, 3.63) is 93.7 Å². The molecule has 0 bridgehead atoms. The van der Waals surface area contributed by atoms with Crippen LogP contribution in [0.2, 0.25) is 10.0 Å². The second-order valence-electron chi connectivity index (χ2n) is 6.58. The molecule has 0 heterocycles. The van der Waals surface area contributed by atoms with Crippen LogP contribution in [-0.2, 0) is 10.0 Å². The average Bonchev–Trinajstić information content (AvgIpc) is 2.69. The van der Waals surface area contributed by atoms with Crippen LogP contribution in [-0.4, -0.2) is 14.2 Å². The average molecular weight is 467 g/mol. The van der Waals surface area contributed by atoms with Gasteiger partial charge in [0.25, 0.3) is 0 Å². The van der Waals surface area contributed by atoms with Gasteiger partial charge in [0.15, 0.2) is 5.78 Å². The molecule has 1 unspecified atom stereocenters. The third kappa shape index (κ3) is 5.58. The monoisotopic (exact) mass is 466 g/mol. The lowest BCUT2D eigenvalue weighted by atomic mass is 9.97. The first-order valence-corrected chi connectivity index (χ1v) is 11.1. The Morgan fingerprint density at radius 2 is 1.70 bits per heavy atom. The van der Waals surface area contributed by atoms with Gasteiger partial charge in [0.05, 0.1) is 21.0 Å². The van der Waals surface area contributed by atoms with E-state index in [1.54, 1.807) is 18.2 Å². The standard InChI is InChI=1S/C21H17Cl2FN2O3S/c22-18-9-4-14(11-19(18)23)21(27)12-20(13-2-1-3-15(24)10-13)26-16-5-7-17(8-6-16)30(25,28)29/h1-11,20,26H,12H2,(H2,25,28,29). The Morgan fingerprint density at radius 1 is 1.00 bits per heavy atom. The molecule has 9 heteroatoms. The molecule has 0 spiro atoms. The minimum absolute atomic E-state index is 0.00163. The van der Waals surface area contributed by atoms with E-state index in [2.05, 4.69) is 5.32 Å². The van der Waals surface area contributed by atoms with E-state index in [0.717, 1.165) is 0 Å². The van der Waals surface area contributed by atoms with E-state index in [-0.39, 0.29) is 22.1 Å². The zero-order chi connectivity index (χ0) is 21.9. The number of hydrogen-bond acceptors (Lipinski definition) is 4. The highest BCUT2D eigenvalue weighted by molar-refractivity contribution is 7.89. The first-order chi connectivity index (χ1) is 14.1. The number of nitrogens with one attached hydrogen (secondary N) is 1. The summed E-state index contributed by atoms with van der Waals surface area (Å²) >= 11 is 11.9. The summed E-state index contributed by atoms with van der Waals surface area (Å²) in [6, 6.07) is 15.6. The fourth-order valence-electron chi connectivity index (χ4n) is 2.89. The molecule has 30 heavy (non-hydrogen) atoms. The maximum atomic E-state index is 13.8. The van der Waals surface area contributed by atoms with Crippen molar-refractivity contribution < 1.29 is 17.6 Å². The van der Waals surface area contributed by atoms with Crippen LogP contribution in [0, 0.1) is 5.82 Å². The molecule has 3 rings (SSSR count). The summed E-state index contributed by atoms with van der Waals surface area (Å²) in [5, 5.41) is 8.86. The number of primary sulfonamides is 1. The summed E-state index contributed by atoms with van der Waals surface area (Å²) in [5.41, 5.74) is 1.47. The van der Waals surface area contributed by atoms with E-state index in [9.17, 15) is 17.6 Å². The van der Waals surface area contributed by atoms with Crippen LogP contribution in [0.1, 0.15) is 28.4 Å². The van der Waals surface area contributed by atoms with Crippen LogP contribution in [0.4, 0.5) is 10.1 Å². The molecule has 0 amide bonds. The molecule has 0 aliphatic rings. The molecule has 0 aliphatic carbocycles. The lowest BCUT2D eigenvalue weighted by Gasteiger charge is -2.20. The van der Waals surface area contributed by atoms with Gasteiger partial charge in [0, 0.05) is 17.7 Å². The molecule has 3 aromatic carbocycles. The first-order valence-electron chi connectivity index (χ1n) is 8.76. The van der Waals surface area contributed by atoms with Crippen LogP contribution in [0.25, 0.3) is 0 Å². The van der Waals surface area contributed by atoms with E-state index in [0.29, 0.717) is 21.8 Å². The molecule has 0 fully saturated rings. The SMILES string of the molecule is NS(=O)(=O)c1ccc(NC(CC(=O)c2ccc(Cl)c(Cl)c2)c2cccc(F)c2)cc1. The summed E-state index contributed by atoms with van der Waals surface area (Å²) in [6.07, 6.45) is -0.00163. The van der Waals surface area contributed by atoms with Crippen LogP contribution >= 0.6 is 23.2 Å². The molecule has 0 aliphatic heterocycles. The number of anilines is 1. The van der Waals surface area contributed by atoms with Crippen molar-refractivity contribution in [2.75, 3.05) is 5.32 Å². The third-order valence-electron chi connectivity index (χ3n) is 4.41. The summed E-state index contributed by atoms with van der Waals surface area (Å²) in [6.45, 7) is 0. The number of Topliss-reactive ketones (excluding diaryl/α,β-unsaturated/α-hetero) is 1. The fourth-order valence-corrected chi connectivity index (χ4v) is 3.70. The predicted molar refractivity (Wildman–Crippen MR) is 116 cm³/mol. The lowest BCUT2D eigenvalue weighted by molar-refractivity contribution is 0.0976. The molecule has 1 atom stereocenters. The number of nitrogens with two attached hydrogens (primary N) is 1. The Kier molecular flexibility index (Phi) is 6.77. The molecule has 0 aromatic heterocycles. The Morgan fingerprint density at radius 3 is 2.30 bits per heavy atom. The molecule has 156 valence electrons. The number of hydrogen-bond donors (Lipinski definition) is 2. The Balaban J connectivity index is 1.89. The number of rotatable bonds is 7. The van der Waals surface area contributed by atoms with E-state index in [1.807, 2.05) is 0 Å². The Labute approximate surface area is 183 Å². The van der Waals surface area contributed by atoms with Gasteiger partial charge in [0.1, 0.15) is 5.82 Å². The Hall–Kier alpha value is -2.45. The molecule has 3 aromatic rings. The van der Waals surface area contributed by atoms with Crippen LogP contribution < -0.4 is 10.5 Å². The van der Waals surface area contributed by atoms with E-state index in [1.165, 1.54) is 48.5 Å². The zero-order valence-corrected chi connectivity index (χ0v) is 17.8. The van der Waals surface area contributed by atoms with Crippen LogP contribution in [0.3, 0.4) is 0 Å². The first kappa shape index (κ1) is 22.2. The van der Waals surface area contributed by atoms with Gasteiger partial charge in [-0.1, -0.05) is 35.3 Å². The molecular formula is C21H17Cl2FN2O3S. The maximum absolute atomic E-state index is 13.8. The normalized spacial score (nSPS) is 12.4. The van der Waals surface area contributed by atoms with Crippen molar-refractivity contribution in [1.29, 1.82) is 0 Å². The minimum atomic E-state index is -3.82. The third-order valence-corrected chi connectivity index (χ3v) is 6.07. The number of benzene rings is 3. The molecule has 5 nitrogen and oxygen atoms in total. The van der Waals surface area contributed by atoms with Crippen molar-refractivity contribution in [3.63, 3.8) is 0 Å². The van der Waals surface area contributed by atoms with Crippen LogP contribution in [0.5, 0.6) is 0 Å². The van der Waals surface area contributed by atoms with Crippen molar-refractivity contribution in [2.24, 2.45) is 5.14 Å². The van der Waals surface area contributed by atoms with Crippen molar-refractivity contribution in [3.8, 4) is 0 Å². The van der Waals surface area contributed by atoms with E-state index < -0.39 is 21.9 Å². The summed E-state index contributed by atoms with van der Waals surface area (Å²) in [7, 11) is -3.82. The summed E-state index contributed by atoms with van der Waals surface area (Å²) < 4.78 is 36.6. The number of ketones is 1. The van der Waals surface area contributed by atoms with Gasteiger partial charge >= 0.3 is 0 Å². The molecule has 3 N–H and O–H groups in total. The number of sulfonamides is 1. The second-order valence-corrected chi connectivity index (χ2v) is 8.95. The highest BCUT2D eigenvalue weighted by Gasteiger charge is 2.19. The van der Waals surface area contributed by atoms with Crippen molar-refractivity contribution in [1.82, 2.24) is 0 Å². The van der Waals surface area contributed by atoms with Gasteiger partial charge in [-0.2, -0.15) is 0 Å². The van der Waals surface area contributed by atoms with Gasteiger partial charge in [-0.15, -0.1) is 0 Å². The van der Waals surface area contributed by atoms with Crippen molar-refractivity contribution >= 4 is 44.7 Å². The van der Waals surface area contributed by atoms with E-state index >= 15 is 0 Å². The molecule has 0 radical (unpaired) electrons. The summed E-state index contributed by atoms with van der Waals surface area (Å²) in [5.74, 6) is -0.664. The van der Waals surface area contributed by atoms with Crippen LogP contribution in [0.15, 0.2) is 71.6 Å². The topological polar surface area (TPSA) is 89.3 Å². The number of halogens is 3. The van der Waals surface area contributed by atoms with Gasteiger partial charge < -0.3 is 5.32 Å². The number of carbonyl (C=O) groups is 1. The fraction of sp³-hybridized carbons (Fsp3) is 0.0952. The largest absolute Gasteiger partial charge is 0.378 e. The maximum Gasteiger partial charge on any atom is 0.238 e. The predicted octanol–water partition coefficient (Wildman–Crippen LogP) is 5.21. The minimum Gasteiger partial charge on any atom is -0.378 e. The van der Waals surface area contributed by atoms with Gasteiger partial charge in [-0.3, -0.25) is 4.79 Å². The smallest absolute Gasteiger partial charge is 0.238 e. The summed E-state index contributed by atoms with van der Waals surface area (Å²) in [4.78, 5) is 12.8. The Bertz CT molecular complexity index is 1190. The molecule has 0 saturated heterocycles. The molecular weight excluding hydrogens is 450 g/mol. The highest BCUT2D eigenvalue weighted by atomic mass is 35.5. The second kappa shape index (κ2) is 9.14. The quantitative estimate of drug-likeness (QED) is 0.467. The van der Waals surface area contributed by atoms with Crippen molar-refractivity contribution in [2.45, 2.75) is 17.4 Å². The van der Waals surface area contributed by atoms with Gasteiger partial charge in [0.2, 0.25) is 10.0 Å². The molecule has 0 saturated carbocycles. The zero-order valence-electron chi connectivity index (χ0n) is 15.5. The lowest BCUT2D eigenvalue weighted by Crippen LogP contribution is -2.16. The van der Waals surface area contributed by atoms with E-state index in [4.69, 9.17) is 28.3 Å². The number of carbonyl (C=O) groups excluding carboxylic acids is 1. The highest BCUT2D eigenvalue weighted by Crippen LogP contribution is 2.28. The van der Waals surface area contributed by atoms with Gasteiger partial charge in [-0.05, 0) is 60.2 Å².